The molecule has 13 heavy (non-hydrogen) atoms. The topological polar surface area (TPSA) is 72.2 Å². The number of sulfone groups is 1. The smallest absolute Gasteiger partial charge is 0.175 e. The summed E-state index contributed by atoms with van der Waals surface area (Å²) < 4.78 is 22.1. The van der Waals surface area contributed by atoms with Crippen LogP contribution >= 0.6 is 0 Å². The first-order chi connectivity index (χ1) is 6.04. The maximum atomic E-state index is 11.1. The average Bonchev–Trinajstić information content (AvgIpc) is 2.04. The van der Waals surface area contributed by atoms with Crippen molar-refractivity contribution in [3.63, 3.8) is 0 Å². The van der Waals surface area contributed by atoms with Crippen LogP contribution in [0.15, 0.2) is 29.2 Å². The van der Waals surface area contributed by atoms with E-state index < -0.39 is 9.84 Å². The largest absolute Gasteiger partial charge is 0.271 e. The van der Waals surface area contributed by atoms with Gasteiger partial charge in [0.25, 0.3) is 0 Å². The van der Waals surface area contributed by atoms with Crippen molar-refractivity contribution < 1.29 is 8.42 Å². The lowest BCUT2D eigenvalue weighted by atomic mass is 10.2. The van der Waals surface area contributed by atoms with Gasteiger partial charge in [-0.05, 0) is 17.7 Å². The van der Waals surface area contributed by atoms with Crippen LogP contribution in [0.1, 0.15) is 5.56 Å². The van der Waals surface area contributed by atoms with Gasteiger partial charge in [0.1, 0.15) is 0 Å². The summed E-state index contributed by atoms with van der Waals surface area (Å²) in [7, 11) is -3.09. The predicted molar refractivity (Wildman–Crippen MR) is 50.6 cm³/mol. The molecule has 0 amide bonds. The Bertz CT molecular complexity index is 370. The standard InChI is InChI=1S/C8H12N2O2S/c1-13(11,12)8-4-2-7(3-5-8)6-10-9/h2-5,10H,6,9H2,1H3. The zero-order chi connectivity index (χ0) is 9.90. The summed E-state index contributed by atoms with van der Waals surface area (Å²) in [5, 5.41) is 0. The monoisotopic (exact) mass is 200 g/mol. The van der Waals surface area contributed by atoms with Gasteiger partial charge in [-0.15, -0.1) is 0 Å². The van der Waals surface area contributed by atoms with Crippen molar-refractivity contribution in [2.75, 3.05) is 6.26 Å². The van der Waals surface area contributed by atoms with E-state index >= 15 is 0 Å². The second-order valence-electron chi connectivity index (χ2n) is 2.80. The molecule has 0 bridgehead atoms. The third-order valence-electron chi connectivity index (χ3n) is 1.66. The molecular weight excluding hydrogens is 188 g/mol. The number of nitrogens with two attached hydrogens (primary N) is 1. The SMILES string of the molecule is CS(=O)(=O)c1ccc(CNN)cc1. The maximum Gasteiger partial charge on any atom is 0.175 e. The van der Waals surface area contributed by atoms with E-state index in [0.717, 1.165) is 5.56 Å². The Morgan fingerprint density at radius 2 is 1.85 bits per heavy atom. The van der Waals surface area contributed by atoms with Gasteiger partial charge in [-0.1, -0.05) is 12.1 Å². The van der Waals surface area contributed by atoms with Crippen LogP contribution in [0.2, 0.25) is 0 Å². The van der Waals surface area contributed by atoms with Gasteiger partial charge in [-0.2, -0.15) is 0 Å². The van der Waals surface area contributed by atoms with Crippen molar-refractivity contribution in [1.82, 2.24) is 5.43 Å². The molecule has 0 saturated heterocycles. The van der Waals surface area contributed by atoms with E-state index in [1.54, 1.807) is 24.3 Å². The quantitative estimate of drug-likeness (QED) is 0.534. The third kappa shape index (κ3) is 2.80. The van der Waals surface area contributed by atoms with Crippen molar-refractivity contribution in [3.8, 4) is 0 Å². The molecule has 0 aliphatic heterocycles. The molecule has 1 aromatic rings. The fourth-order valence-electron chi connectivity index (χ4n) is 0.972. The first kappa shape index (κ1) is 10.2. The van der Waals surface area contributed by atoms with Gasteiger partial charge in [0, 0.05) is 12.8 Å². The highest BCUT2D eigenvalue weighted by Gasteiger charge is 2.05. The molecule has 4 nitrogen and oxygen atoms in total. The first-order valence-electron chi connectivity index (χ1n) is 3.76. The van der Waals surface area contributed by atoms with Crippen LogP contribution in [0, 0.1) is 0 Å². The second kappa shape index (κ2) is 3.87. The minimum Gasteiger partial charge on any atom is -0.271 e. The Kier molecular flexibility index (Phi) is 3.02. The third-order valence-corrected chi connectivity index (χ3v) is 2.79. The van der Waals surface area contributed by atoms with Crippen LogP contribution in [-0.2, 0) is 16.4 Å². The van der Waals surface area contributed by atoms with Gasteiger partial charge in [0.2, 0.25) is 0 Å². The lowest BCUT2D eigenvalue weighted by molar-refractivity contribution is 0.602. The van der Waals surface area contributed by atoms with Gasteiger partial charge < -0.3 is 0 Å². The Morgan fingerprint density at radius 3 is 2.23 bits per heavy atom. The van der Waals surface area contributed by atoms with Gasteiger partial charge in [0.15, 0.2) is 9.84 Å². The lowest BCUT2D eigenvalue weighted by Gasteiger charge is -2.01. The van der Waals surface area contributed by atoms with Gasteiger partial charge in [0.05, 0.1) is 4.90 Å². The van der Waals surface area contributed by atoms with Crippen LogP contribution in [0.4, 0.5) is 0 Å². The molecule has 5 heteroatoms. The van der Waals surface area contributed by atoms with E-state index in [2.05, 4.69) is 5.43 Å². The van der Waals surface area contributed by atoms with E-state index in [1.807, 2.05) is 0 Å². The van der Waals surface area contributed by atoms with E-state index in [9.17, 15) is 8.42 Å². The summed E-state index contributed by atoms with van der Waals surface area (Å²) >= 11 is 0. The van der Waals surface area contributed by atoms with Gasteiger partial charge >= 0.3 is 0 Å². The molecule has 1 rings (SSSR count). The summed E-state index contributed by atoms with van der Waals surface area (Å²) in [6, 6.07) is 6.61. The summed E-state index contributed by atoms with van der Waals surface area (Å²) in [6.07, 6.45) is 1.18. The number of hydrogen-bond acceptors (Lipinski definition) is 4. The zero-order valence-corrected chi connectivity index (χ0v) is 8.14. The lowest BCUT2D eigenvalue weighted by Crippen LogP contribution is -2.20. The highest BCUT2D eigenvalue weighted by molar-refractivity contribution is 7.90. The molecule has 72 valence electrons. The molecule has 0 spiro atoms. The predicted octanol–water partition coefficient (Wildman–Crippen LogP) is 0.0534. The highest BCUT2D eigenvalue weighted by atomic mass is 32.2. The number of nitrogens with one attached hydrogen (secondary N) is 1. The number of hydrogen-bond donors (Lipinski definition) is 2. The van der Waals surface area contributed by atoms with Crippen molar-refractivity contribution in [2.45, 2.75) is 11.4 Å². The molecule has 0 aliphatic carbocycles. The molecular formula is C8H12N2O2S. The summed E-state index contributed by atoms with van der Waals surface area (Å²) in [4.78, 5) is 0.327. The van der Waals surface area contributed by atoms with E-state index in [4.69, 9.17) is 5.84 Å². The van der Waals surface area contributed by atoms with Crippen LogP contribution in [-0.4, -0.2) is 14.7 Å². The number of hydrazine groups is 1. The van der Waals surface area contributed by atoms with Gasteiger partial charge in [-0.3, -0.25) is 11.3 Å². The molecule has 0 fully saturated rings. The van der Waals surface area contributed by atoms with Crippen LogP contribution in [0.5, 0.6) is 0 Å². The minimum absolute atomic E-state index is 0.327. The Labute approximate surface area is 77.6 Å². The maximum absolute atomic E-state index is 11.1. The normalized spacial score (nSPS) is 11.5. The molecule has 0 aromatic heterocycles. The van der Waals surface area contributed by atoms with Crippen molar-refractivity contribution in [1.29, 1.82) is 0 Å². The van der Waals surface area contributed by atoms with Crippen LogP contribution in [0.25, 0.3) is 0 Å². The number of rotatable bonds is 3. The first-order valence-corrected chi connectivity index (χ1v) is 5.65. The van der Waals surface area contributed by atoms with Crippen molar-refractivity contribution in [2.24, 2.45) is 5.84 Å². The number of benzene rings is 1. The summed E-state index contributed by atoms with van der Waals surface area (Å²) in [6.45, 7) is 0.532. The van der Waals surface area contributed by atoms with E-state index in [0.29, 0.717) is 11.4 Å². The molecule has 0 atom stereocenters. The Morgan fingerprint density at radius 1 is 1.31 bits per heavy atom. The Balaban J connectivity index is 2.94. The van der Waals surface area contributed by atoms with Crippen molar-refractivity contribution >= 4 is 9.84 Å². The molecule has 0 saturated carbocycles. The highest BCUT2D eigenvalue weighted by Crippen LogP contribution is 2.09. The molecule has 0 heterocycles. The molecule has 0 aliphatic rings. The van der Waals surface area contributed by atoms with E-state index in [1.165, 1.54) is 6.26 Å². The minimum atomic E-state index is -3.09. The van der Waals surface area contributed by atoms with Crippen LogP contribution in [0.3, 0.4) is 0 Å². The molecule has 0 unspecified atom stereocenters. The summed E-state index contributed by atoms with van der Waals surface area (Å²) in [5.74, 6) is 5.12. The van der Waals surface area contributed by atoms with Crippen molar-refractivity contribution in [3.05, 3.63) is 29.8 Å². The molecule has 1 aromatic carbocycles. The fourth-order valence-corrected chi connectivity index (χ4v) is 1.60. The van der Waals surface area contributed by atoms with Crippen LogP contribution < -0.4 is 11.3 Å². The second-order valence-corrected chi connectivity index (χ2v) is 4.81. The molecule has 3 N–H and O–H groups in total. The zero-order valence-electron chi connectivity index (χ0n) is 7.32. The molecule has 0 radical (unpaired) electrons. The fraction of sp³-hybridized carbons (Fsp3) is 0.250. The summed E-state index contributed by atoms with van der Waals surface area (Å²) in [5.41, 5.74) is 3.45. The van der Waals surface area contributed by atoms with Gasteiger partial charge in [-0.25, -0.2) is 8.42 Å². The average molecular weight is 200 g/mol. The Hall–Kier alpha value is -0.910. The van der Waals surface area contributed by atoms with E-state index in [-0.39, 0.29) is 0 Å².